The number of nitrogens with zero attached hydrogens (tertiary/aromatic N) is 3. The van der Waals surface area contributed by atoms with Gasteiger partial charge in [-0.25, -0.2) is 0 Å². The van der Waals surface area contributed by atoms with Crippen molar-refractivity contribution in [2.24, 2.45) is 0 Å². The van der Waals surface area contributed by atoms with Gasteiger partial charge in [0.15, 0.2) is 0 Å². The van der Waals surface area contributed by atoms with Gasteiger partial charge in [0.05, 0.1) is 25.7 Å². The van der Waals surface area contributed by atoms with E-state index in [9.17, 15) is 9.59 Å². The number of nitrogens with one attached hydrogen (secondary N) is 1. The number of amides is 2. The summed E-state index contributed by atoms with van der Waals surface area (Å²) in [5.74, 6) is -0.0279. The van der Waals surface area contributed by atoms with Crippen LogP contribution in [0.2, 0.25) is 0 Å². The lowest BCUT2D eigenvalue weighted by molar-refractivity contribution is -0.138. The molecule has 1 unspecified atom stereocenters. The molecule has 0 saturated carbocycles. The third-order valence-electron chi connectivity index (χ3n) is 5.73. The van der Waals surface area contributed by atoms with Crippen LogP contribution < -0.4 is 5.32 Å². The highest BCUT2D eigenvalue weighted by Crippen LogP contribution is 2.17. The molecule has 0 radical (unpaired) electrons. The second-order valence-corrected chi connectivity index (χ2v) is 7.68. The van der Waals surface area contributed by atoms with E-state index in [0.717, 1.165) is 39.4 Å². The van der Waals surface area contributed by atoms with Gasteiger partial charge in [0.2, 0.25) is 11.8 Å². The van der Waals surface area contributed by atoms with Gasteiger partial charge in [-0.3, -0.25) is 19.4 Å². The van der Waals surface area contributed by atoms with Crippen molar-refractivity contribution in [3.63, 3.8) is 0 Å². The fraction of sp³-hybridized carbons (Fsp3) is 0.619. The Balaban J connectivity index is 1.56. The molecule has 0 aromatic heterocycles. The summed E-state index contributed by atoms with van der Waals surface area (Å²) in [6.45, 7) is 9.02. The van der Waals surface area contributed by atoms with Gasteiger partial charge in [0.25, 0.3) is 0 Å². The molecule has 2 saturated heterocycles. The second kappa shape index (κ2) is 10.0. The lowest BCUT2D eigenvalue weighted by atomic mass is 10.0. The topological polar surface area (TPSA) is 65.1 Å². The highest BCUT2D eigenvalue weighted by molar-refractivity contribution is 5.88. The molecule has 0 aliphatic carbocycles. The summed E-state index contributed by atoms with van der Waals surface area (Å²) in [7, 11) is 1.83. The maximum atomic E-state index is 12.8. The molecular weight excluding hydrogens is 356 g/mol. The minimum Gasteiger partial charge on any atom is -0.379 e. The quantitative estimate of drug-likeness (QED) is 0.736. The first kappa shape index (κ1) is 20.8. The van der Waals surface area contributed by atoms with E-state index in [-0.39, 0.29) is 18.2 Å². The summed E-state index contributed by atoms with van der Waals surface area (Å²) in [6.07, 6.45) is 0.220. The van der Waals surface area contributed by atoms with E-state index in [1.807, 2.05) is 19.2 Å². The van der Waals surface area contributed by atoms with Crippen LogP contribution in [-0.4, -0.2) is 92.1 Å². The lowest BCUT2D eigenvalue weighted by Gasteiger charge is -2.36. The summed E-state index contributed by atoms with van der Waals surface area (Å²) in [6, 6.07) is 7.80. The number of morpholine rings is 1. The van der Waals surface area contributed by atoms with Crippen LogP contribution in [0.4, 0.5) is 0 Å². The van der Waals surface area contributed by atoms with Crippen molar-refractivity contribution in [3.05, 3.63) is 35.4 Å². The minimum absolute atomic E-state index is 0.0186. The summed E-state index contributed by atoms with van der Waals surface area (Å²) < 4.78 is 5.36. The standard InChI is InChI=1S/C21H32N4O3/c1-17-5-3-4-6-18(17)16-25-8-7-22-21(27)19(25)15-20(26)23(2)9-10-24-11-13-28-14-12-24/h3-6,19H,7-16H2,1-2H3,(H,22,27). The first-order chi connectivity index (χ1) is 13.5. The minimum atomic E-state index is -0.410. The van der Waals surface area contributed by atoms with Crippen LogP contribution >= 0.6 is 0 Å². The average molecular weight is 389 g/mol. The van der Waals surface area contributed by atoms with Crippen molar-refractivity contribution in [1.82, 2.24) is 20.0 Å². The predicted octanol–water partition coefficient (Wildman–Crippen LogP) is 0.476. The van der Waals surface area contributed by atoms with Gasteiger partial charge in [-0.15, -0.1) is 0 Å². The molecule has 28 heavy (non-hydrogen) atoms. The average Bonchev–Trinajstić information content (AvgIpc) is 2.71. The van der Waals surface area contributed by atoms with E-state index in [1.54, 1.807) is 4.90 Å². The Morgan fingerprint density at radius 1 is 1.25 bits per heavy atom. The maximum absolute atomic E-state index is 12.8. The molecule has 2 aliphatic rings. The van der Waals surface area contributed by atoms with Crippen LogP contribution in [0.25, 0.3) is 0 Å². The number of hydrogen-bond donors (Lipinski definition) is 1. The molecule has 7 nitrogen and oxygen atoms in total. The van der Waals surface area contributed by atoms with Crippen molar-refractivity contribution in [2.75, 3.05) is 59.5 Å². The number of aryl methyl sites for hydroxylation is 1. The molecule has 3 rings (SSSR count). The predicted molar refractivity (Wildman–Crippen MR) is 108 cm³/mol. The fourth-order valence-corrected chi connectivity index (χ4v) is 3.74. The number of piperazine rings is 1. The van der Waals surface area contributed by atoms with Gasteiger partial charge in [0, 0.05) is 52.9 Å². The van der Waals surface area contributed by atoms with Crippen LogP contribution in [0.5, 0.6) is 0 Å². The van der Waals surface area contributed by atoms with Gasteiger partial charge in [-0.2, -0.15) is 0 Å². The Morgan fingerprint density at radius 2 is 2.00 bits per heavy atom. The number of benzene rings is 1. The Hall–Kier alpha value is -1.96. The Kier molecular flexibility index (Phi) is 7.42. The van der Waals surface area contributed by atoms with E-state index >= 15 is 0 Å². The molecular formula is C21H32N4O3. The van der Waals surface area contributed by atoms with Crippen molar-refractivity contribution >= 4 is 11.8 Å². The van der Waals surface area contributed by atoms with Crippen LogP contribution in [-0.2, 0) is 20.9 Å². The van der Waals surface area contributed by atoms with E-state index < -0.39 is 6.04 Å². The Morgan fingerprint density at radius 3 is 2.75 bits per heavy atom. The third-order valence-corrected chi connectivity index (χ3v) is 5.73. The van der Waals surface area contributed by atoms with E-state index in [4.69, 9.17) is 4.74 Å². The monoisotopic (exact) mass is 388 g/mol. The van der Waals surface area contributed by atoms with Crippen LogP contribution in [0.1, 0.15) is 17.5 Å². The smallest absolute Gasteiger partial charge is 0.237 e. The normalized spacial score (nSPS) is 21.4. The molecule has 0 bridgehead atoms. The van der Waals surface area contributed by atoms with Gasteiger partial charge >= 0.3 is 0 Å². The summed E-state index contributed by atoms with van der Waals surface area (Å²) in [5, 5.41) is 2.92. The number of ether oxygens (including phenoxy) is 1. The molecule has 2 aliphatic heterocycles. The number of likely N-dealkylation sites (N-methyl/N-ethyl adjacent to an activating group) is 1. The van der Waals surface area contributed by atoms with Crippen molar-refractivity contribution in [3.8, 4) is 0 Å². The molecule has 7 heteroatoms. The number of carbonyl (C=O) groups is 2. The highest BCUT2D eigenvalue weighted by atomic mass is 16.5. The Labute approximate surface area is 167 Å². The van der Waals surface area contributed by atoms with Crippen LogP contribution in [0.3, 0.4) is 0 Å². The van der Waals surface area contributed by atoms with Gasteiger partial charge in [-0.05, 0) is 18.1 Å². The lowest BCUT2D eigenvalue weighted by Crippen LogP contribution is -2.56. The van der Waals surface area contributed by atoms with Crippen molar-refractivity contribution in [1.29, 1.82) is 0 Å². The zero-order chi connectivity index (χ0) is 19.9. The zero-order valence-electron chi connectivity index (χ0n) is 17.0. The van der Waals surface area contributed by atoms with Crippen molar-refractivity contribution < 1.29 is 14.3 Å². The molecule has 1 N–H and O–H groups in total. The first-order valence-electron chi connectivity index (χ1n) is 10.1. The number of carbonyl (C=O) groups excluding carboxylic acids is 2. The molecule has 2 fully saturated rings. The maximum Gasteiger partial charge on any atom is 0.237 e. The van der Waals surface area contributed by atoms with E-state index in [2.05, 4.69) is 34.2 Å². The molecule has 1 aromatic carbocycles. The number of hydrogen-bond acceptors (Lipinski definition) is 5. The number of rotatable bonds is 7. The summed E-state index contributed by atoms with van der Waals surface area (Å²) >= 11 is 0. The zero-order valence-corrected chi connectivity index (χ0v) is 17.0. The molecule has 0 spiro atoms. The van der Waals surface area contributed by atoms with Gasteiger partial charge in [-0.1, -0.05) is 24.3 Å². The SMILES string of the molecule is Cc1ccccc1CN1CCNC(=O)C1CC(=O)N(C)CCN1CCOCC1. The van der Waals surface area contributed by atoms with E-state index in [1.165, 1.54) is 11.1 Å². The molecule has 154 valence electrons. The highest BCUT2D eigenvalue weighted by Gasteiger charge is 2.32. The van der Waals surface area contributed by atoms with E-state index in [0.29, 0.717) is 19.6 Å². The van der Waals surface area contributed by atoms with Crippen molar-refractivity contribution in [2.45, 2.75) is 25.9 Å². The summed E-state index contributed by atoms with van der Waals surface area (Å²) in [5.41, 5.74) is 2.41. The summed E-state index contributed by atoms with van der Waals surface area (Å²) in [4.78, 5) is 31.5. The van der Waals surface area contributed by atoms with Gasteiger partial charge < -0.3 is 15.0 Å². The molecule has 2 heterocycles. The Bertz CT molecular complexity index is 675. The molecule has 2 amide bonds. The second-order valence-electron chi connectivity index (χ2n) is 7.68. The first-order valence-corrected chi connectivity index (χ1v) is 10.1. The van der Waals surface area contributed by atoms with Crippen LogP contribution in [0, 0.1) is 6.92 Å². The molecule has 1 aromatic rings. The fourth-order valence-electron chi connectivity index (χ4n) is 3.74. The largest absolute Gasteiger partial charge is 0.379 e. The molecule has 1 atom stereocenters. The third kappa shape index (κ3) is 5.53. The van der Waals surface area contributed by atoms with Gasteiger partial charge in [0.1, 0.15) is 0 Å². The van der Waals surface area contributed by atoms with Crippen LogP contribution in [0.15, 0.2) is 24.3 Å².